The van der Waals surface area contributed by atoms with Crippen LogP contribution in [0.15, 0.2) is 30.7 Å². The molecule has 24 heavy (non-hydrogen) atoms. The largest absolute Gasteiger partial charge is 0.349 e. The lowest BCUT2D eigenvalue weighted by Crippen LogP contribution is -2.45. The summed E-state index contributed by atoms with van der Waals surface area (Å²) in [5.41, 5.74) is 1.33. The molecular weight excluding hydrogens is 342 g/mol. The molecule has 1 atom stereocenters. The molecule has 0 spiro atoms. The molecule has 1 unspecified atom stereocenters. The fraction of sp³-hybridized carbons (Fsp3) is 0.529. The van der Waals surface area contributed by atoms with Crippen molar-refractivity contribution in [2.75, 3.05) is 37.6 Å². The van der Waals surface area contributed by atoms with Crippen molar-refractivity contribution in [3.05, 3.63) is 41.2 Å². The normalized spacial score (nSPS) is 18.2. The molecule has 1 aliphatic rings. The van der Waals surface area contributed by atoms with E-state index in [2.05, 4.69) is 51.1 Å². The number of nitrogens with one attached hydrogen (secondary N) is 1. The summed E-state index contributed by atoms with van der Waals surface area (Å²) >= 11 is 1.82. The van der Waals surface area contributed by atoms with Crippen LogP contribution in [-0.4, -0.2) is 47.6 Å². The van der Waals surface area contributed by atoms with E-state index in [4.69, 9.17) is 0 Å². The molecule has 2 aromatic heterocycles. The van der Waals surface area contributed by atoms with E-state index in [0.717, 1.165) is 44.4 Å². The van der Waals surface area contributed by atoms with Crippen LogP contribution >= 0.6 is 23.7 Å². The first-order chi connectivity index (χ1) is 11.3. The third-order valence-corrected chi connectivity index (χ3v) is 5.42. The van der Waals surface area contributed by atoms with Crippen LogP contribution in [0.5, 0.6) is 0 Å². The Kier molecular flexibility index (Phi) is 7.42. The summed E-state index contributed by atoms with van der Waals surface area (Å²) in [6, 6.07) is 4.66. The number of rotatable bonds is 6. The summed E-state index contributed by atoms with van der Waals surface area (Å²) in [5, 5.41) is 4.65. The highest BCUT2D eigenvalue weighted by Crippen LogP contribution is 2.28. The lowest BCUT2D eigenvalue weighted by atomic mass is 10.0. The molecule has 132 valence electrons. The number of piperazine rings is 1. The topological polar surface area (TPSA) is 44.3 Å². The molecule has 3 rings (SSSR count). The number of pyridine rings is 1. The smallest absolute Gasteiger partial charge is 0.185 e. The molecule has 1 saturated heterocycles. The zero-order valence-corrected chi connectivity index (χ0v) is 15.9. The van der Waals surface area contributed by atoms with E-state index in [1.807, 2.05) is 29.9 Å². The van der Waals surface area contributed by atoms with Crippen LogP contribution in [0.2, 0.25) is 0 Å². The second kappa shape index (κ2) is 9.32. The Morgan fingerprint density at radius 2 is 2.04 bits per heavy atom. The van der Waals surface area contributed by atoms with Gasteiger partial charge in [0.05, 0.1) is 0 Å². The van der Waals surface area contributed by atoms with Crippen molar-refractivity contribution in [3.8, 4) is 0 Å². The number of nitrogens with zero attached hydrogens (tertiary/aromatic N) is 4. The predicted molar refractivity (Wildman–Crippen MR) is 103 cm³/mol. The average Bonchev–Trinajstić information content (AvgIpc) is 3.06. The highest BCUT2D eigenvalue weighted by Gasteiger charge is 2.24. The highest BCUT2D eigenvalue weighted by molar-refractivity contribution is 7.15. The predicted octanol–water partition coefficient (Wildman–Crippen LogP) is 2.95. The Hall–Kier alpha value is -1.21. The lowest BCUT2D eigenvalue weighted by Gasteiger charge is -2.36. The van der Waals surface area contributed by atoms with Crippen molar-refractivity contribution < 1.29 is 0 Å². The Balaban J connectivity index is 0.00000208. The number of hydrogen-bond donors (Lipinski definition) is 1. The van der Waals surface area contributed by atoms with Crippen molar-refractivity contribution in [2.45, 2.75) is 26.4 Å². The second-order valence-electron chi connectivity index (χ2n) is 5.75. The third-order valence-electron chi connectivity index (χ3n) is 4.38. The van der Waals surface area contributed by atoms with Crippen LogP contribution in [0.3, 0.4) is 0 Å². The lowest BCUT2D eigenvalue weighted by molar-refractivity contribution is 0.155. The van der Waals surface area contributed by atoms with E-state index in [9.17, 15) is 0 Å². The fourth-order valence-electron chi connectivity index (χ4n) is 3.06. The summed E-state index contributed by atoms with van der Waals surface area (Å²) in [5.74, 6) is 0. The van der Waals surface area contributed by atoms with E-state index in [0.29, 0.717) is 6.04 Å². The summed E-state index contributed by atoms with van der Waals surface area (Å²) in [7, 11) is 0. The van der Waals surface area contributed by atoms with Gasteiger partial charge in [0.25, 0.3) is 0 Å². The van der Waals surface area contributed by atoms with Gasteiger partial charge in [0, 0.05) is 68.8 Å². The van der Waals surface area contributed by atoms with Crippen molar-refractivity contribution in [2.24, 2.45) is 0 Å². The van der Waals surface area contributed by atoms with E-state index >= 15 is 0 Å². The average molecular weight is 368 g/mol. The Labute approximate surface area is 154 Å². The first-order valence-electron chi connectivity index (χ1n) is 8.36. The van der Waals surface area contributed by atoms with Gasteiger partial charge in [0.2, 0.25) is 0 Å². The monoisotopic (exact) mass is 367 g/mol. The van der Waals surface area contributed by atoms with E-state index in [1.165, 1.54) is 10.4 Å². The molecule has 2 aromatic rings. The Morgan fingerprint density at radius 3 is 2.75 bits per heavy atom. The number of thiazole rings is 1. The molecule has 0 bridgehead atoms. The van der Waals surface area contributed by atoms with Gasteiger partial charge in [-0.3, -0.25) is 9.88 Å². The maximum Gasteiger partial charge on any atom is 0.185 e. The number of hydrogen-bond acceptors (Lipinski definition) is 6. The molecule has 0 aromatic carbocycles. The van der Waals surface area contributed by atoms with Crippen LogP contribution < -0.4 is 10.2 Å². The van der Waals surface area contributed by atoms with E-state index < -0.39 is 0 Å². The molecule has 3 heterocycles. The molecule has 0 saturated carbocycles. The van der Waals surface area contributed by atoms with Gasteiger partial charge in [-0.15, -0.1) is 23.7 Å². The summed E-state index contributed by atoms with van der Waals surface area (Å²) in [6.07, 6.45) is 5.81. The summed E-state index contributed by atoms with van der Waals surface area (Å²) in [6.45, 7) is 10.4. The SMILES string of the molecule is CCN(CC)c1ncc(CN2CCNCC2c2ccncc2)s1.Cl. The van der Waals surface area contributed by atoms with Crippen LogP contribution in [0.25, 0.3) is 0 Å². The van der Waals surface area contributed by atoms with Gasteiger partial charge in [-0.2, -0.15) is 0 Å². The standard InChI is InChI=1S/C17H25N5S.ClH/c1-3-21(4-2)17-20-11-15(23-17)13-22-10-9-19-12-16(22)14-5-7-18-8-6-14;/h5-8,11,16,19H,3-4,9-10,12-13H2,1-2H3;1H. The van der Waals surface area contributed by atoms with Gasteiger partial charge in [0.1, 0.15) is 0 Å². The minimum absolute atomic E-state index is 0. The fourth-order valence-corrected chi connectivity index (χ4v) is 4.12. The molecule has 0 radical (unpaired) electrons. The van der Waals surface area contributed by atoms with Crippen LogP contribution in [-0.2, 0) is 6.54 Å². The molecule has 0 aliphatic carbocycles. The minimum atomic E-state index is 0. The van der Waals surface area contributed by atoms with Crippen LogP contribution in [0.1, 0.15) is 30.3 Å². The van der Waals surface area contributed by atoms with E-state index in [1.54, 1.807) is 0 Å². The number of anilines is 1. The van der Waals surface area contributed by atoms with Crippen molar-refractivity contribution in [1.82, 2.24) is 20.2 Å². The molecule has 1 fully saturated rings. The van der Waals surface area contributed by atoms with Gasteiger partial charge in [-0.05, 0) is 31.5 Å². The molecule has 1 N–H and O–H groups in total. The van der Waals surface area contributed by atoms with Gasteiger partial charge in [-0.25, -0.2) is 4.98 Å². The maximum atomic E-state index is 4.61. The molecule has 1 aliphatic heterocycles. The number of aromatic nitrogens is 2. The van der Waals surface area contributed by atoms with Crippen molar-refractivity contribution in [1.29, 1.82) is 0 Å². The highest BCUT2D eigenvalue weighted by atomic mass is 35.5. The zero-order chi connectivity index (χ0) is 16.1. The molecule has 5 nitrogen and oxygen atoms in total. The number of halogens is 1. The van der Waals surface area contributed by atoms with Crippen LogP contribution in [0.4, 0.5) is 5.13 Å². The van der Waals surface area contributed by atoms with Gasteiger partial charge in [0.15, 0.2) is 5.13 Å². The zero-order valence-electron chi connectivity index (χ0n) is 14.3. The first kappa shape index (κ1) is 19.1. The van der Waals surface area contributed by atoms with Crippen molar-refractivity contribution >= 4 is 28.9 Å². The minimum Gasteiger partial charge on any atom is -0.349 e. The Morgan fingerprint density at radius 1 is 1.29 bits per heavy atom. The van der Waals surface area contributed by atoms with Gasteiger partial charge in [-0.1, -0.05) is 0 Å². The second-order valence-corrected chi connectivity index (χ2v) is 6.85. The van der Waals surface area contributed by atoms with Gasteiger partial charge < -0.3 is 10.2 Å². The maximum absolute atomic E-state index is 4.61. The molecule has 0 amide bonds. The van der Waals surface area contributed by atoms with Gasteiger partial charge >= 0.3 is 0 Å². The third kappa shape index (κ3) is 4.45. The molecular formula is C17H26ClN5S. The quantitative estimate of drug-likeness (QED) is 0.850. The first-order valence-corrected chi connectivity index (χ1v) is 9.17. The van der Waals surface area contributed by atoms with Crippen LogP contribution in [0, 0.1) is 0 Å². The summed E-state index contributed by atoms with van der Waals surface area (Å²) in [4.78, 5) is 15.0. The van der Waals surface area contributed by atoms with E-state index in [-0.39, 0.29) is 12.4 Å². The van der Waals surface area contributed by atoms with Crippen molar-refractivity contribution in [3.63, 3.8) is 0 Å². The molecule has 7 heteroatoms. The summed E-state index contributed by atoms with van der Waals surface area (Å²) < 4.78 is 0. The Bertz CT molecular complexity index is 602.